The SMILES string of the molecule is COC(=O)CCC1=CC(CCNC(=O)OC(C)(C)C)C=C(C)C1=O. The van der Waals surface area contributed by atoms with E-state index in [0.717, 1.165) is 0 Å². The van der Waals surface area contributed by atoms with Gasteiger partial charge in [0, 0.05) is 13.0 Å². The van der Waals surface area contributed by atoms with E-state index in [4.69, 9.17) is 4.74 Å². The Morgan fingerprint density at radius 2 is 1.92 bits per heavy atom. The second-order valence-corrected chi connectivity index (χ2v) is 6.83. The lowest BCUT2D eigenvalue weighted by Crippen LogP contribution is -2.33. The maximum absolute atomic E-state index is 12.1. The summed E-state index contributed by atoms with van der Waals surface area (Å²) < 4.78 is 9.79. The van der Waals surface area contributed by atoms with Crippen LogP contribution in [0.5, 0.6) is 0 Å². The predicted octanol–water partition coefficient (Wildman–Crippen LogP) is 2.93. The second-order valence-electron chi connectivity index (χ2n) is 6.83. The van der Waals surface area contributed by atoms with Crippen LogP contribution in [0.1, 0.15) is 47.0 Å². The van der Waals surface area contributed by atoms with Crippen molar-refractivity contribution in [2.75, 3.05) is 13.7 Å². The third-order valence-electron chi connectivity index (χ3n) is 3.50. The molecule has 0 saturated heterocycles. The smallest absolute Gasteiger partial charge is 0.407 e. The van der Waals surface area contributed by atoms with E-state index in [1.54, 1.807) is 6.92 Å². The first-order valence-corrected chi connectivity index (χ1v) is 8.10. The summed E-state index contributed by atoms with van der Waals surface area (Å²) in [4.78, 5) is 35.0. The van der Waals surface area contributed by atoms with Crippen molar-refractivity contribution in [2.45, 2.75) is 52.6 Å². The third kappa shape index (κ3) is 6.98. The zero-order valence-corrected chi connectivity index (χ0v) is 15.1. The van der Waals surface area contributed by atoms with Crippen LogP contribution in [0.2, 0.25) is 0 Å². The molecule has 1 N–H and O–H groups in total. The molecule has 1 rings (SSSR count). The molecule has 1 aliphatic carbocycles. The lowest BCUT2D eigenvalue weighted by Gasteiger charge is -2.21. The van der Waals surface area contributed by atoms with E-state index in [1.807, 2.05) is 32.9 Å². The van der Waals surface area contributed by atoms with Crippen LogP contribution in [0.3, 0.4) is 0 Å². The molecule has 0 spiro atoms. The molecule has 1 atom stereocenters. The summed E-state index contributed by atoms with van der Waals surface area (Å²) in [6.07, 6.45) is 4.52. The molecule has 0 fully saturated rings. The van der Waals surface area contributed by atoms with Gasteiger partial charge in [-0.3, -0.25) is 9.59 Å². The first-order valence-electron chi connectivity index (χ1n) is 8.10. The summed E-state index contributed by atoms with van der Waals surface area (Å²) in [6.45, 7) is 7.63. The Morgan fingerprint density at radius 1 is 1.25 bits per heavy atom. The van der Waals surface area contributed by atoms with Gasteiger partial charge in [-0.2, -0.15) is 0 Å². The van der Waals surface area contributed by atoms with Crippen molar-refractivity contribution in [2.24, 2.45) is 5.92 Å². The number of hydrogen-bond donors (Lipinski definition) is 1. The third-order valence-corrected chi connectivity index (χ3v) is 3.50. The Kier molecular flexibility index (Phi) is 7.19. The number of amides is 1. The van der Waals surface area contributed by atoms with Crippen molar-refractivity contribution in [1.29, 1.82) is 0 Å². The highest BCUT2D eigenvalue weighted by Crippen LogP contribution is 2.24. The fourth-order valence-corrected chi connectivity index (χ4v) is 2.39. The zero-order chi connectivity index (χ0) is 18.3. The highest BCUT2D eigenvalue weighted by Gasteiger charge is 2.21. The van der Waals surface area contributed by atoms with Crippen LogP contribution in [-0.4, -0.2) is 37.1 Å². The number of allylic oxidation sites excluding steroid dienone is 4. The number of carbonyl (C=O) groups is 3. The van der Waals surface area contributed by atoms with E-state index in [2.05, 4.69) is 10.1 Å². The number of esters is 1. The number of carbonyl (C=O) groups excluding carboxylic acids is 3. The maximum Gasteiger partial charge on any atom is 0.407 e. The highest BCUT2D eigenvalue weighted by atomic mass is 16.6. The summed E-state index contributed by atoms with van der Waals surface area (Å²) in [5.74, 6) is -0.320. The maximum atomic E-state index is 12.1. The Balaban J connectivity index is 2.54. The molecule has 0 heterocycles. The standard InChI is InChI=1S/C18H27NO5/c1-12-10-13(8-9-19-17(22)24-18(2,3)4)11-14(16(12)21)6-7-15(20)23-5/h10-11,13H,6-9H2,1-5H3,(H,19,22). The molecule has 0 radical (unpaired) electrons. The molecule has 0 aromatic carbocycles. The monoisotopic (exact) mass is 337 g/mol. The van der Waals surface area contributed by atoms with Gasteiger partial charge in [0.25, 0.3) is 0 Å². The fourth-order valence-electron chi connectivity index (χ4n) is 2.39. The molecule has 6 nitrogen and oxygen atoms in total. The van der Waals surface area contributed by atoms with E-state index < -0.39 is 11.7 Å². The van der Waals surface area contributed by atoms with Crippen LogP contribution in [0.15, 0.2) is 23.3 Å². The predicted molar refractivity (Wildman–Crippen MR) is 90.4 cm³/mol. The van der Waals surface area contributed by atoms with Gasteiger partial charge in [0.2, 0.25) is 0 Å². The summed E-state index contributed by atoms with van der Waals surface area (Å²) in [5, 5.41) is 2.71. The number of ether oxygens (including phenoxy) is 2. The number of alkyl carbamates (subject to hydrolysis) is 1. The summed E-state index contributed by atoms with van der Waals surface area (Å²) in [7, 11) is 1.33. The molecular weight excluding hydrogens is 310 g/mol. The first kappa shape index (κ1) is 19.9. The van der Waals surface area contributed by atoms with E-state index in [1.165, 1.54) is 7.11 Å². The minimum atomic E-state index is -0.529. The van der Waals surface area contributed by atoms with Crippen molar-refractivity contribution >= 4 is 17.8 Å². The van der Waals surface area contributed by atoms with Gasteiger partial charge in [0.05, 0.1) is 7.11 Å². The summed E-state index contributed by atoms with van der Waals surface area (Å²) >= 11 is 0. The summed E-state index contributed by atoms with van der Waals surface area (Å²) in [5.41, 5.74) is 0.765. The number of Topliss-reactive ketones (excluding diaryl/α,β-unsaturated/α-hetero) is 1. The molecule has 0 bridgehead atoms. The average Bonchev–Trinajstić information content (AvgIpc) is 2.47. The molecule has 6 heteroatoms. The molecule has 1 aliphatic rings. The Bertz CT molecular complexity index is 554. The van der Waals surface area contributed by atoms with Crippen molar-refractivity contribution in [3.05, 3.63) is 23.3 Å². The molecular formula is C18H27NO5. The largest absolute Gasteiger partial charge is 0.469 e. The Labute approximate surface area is 143 Å². The zero-order valence-electron chi connectivity index (χ0n) is 15.1. The quantitative estimate of drug-likeness (QED) is 0.754. The second kappa shape index (κ2) is 8.66. The van der Waals surface area contributed by atoms with Gasteiger partial charge in [0.15, 0.2) is 5.78 Å². The van der Waals surface area contributed by atoms with E-state index in [0.29, 0.717) is 30.5 Å². The highest BCUT2D eigenvalue weighted by molar-refractivity contribution is 6.08. The lowest BCUT2D eigenvalue weighted by atomic mass is 9.87. The van der Waals surface area contributed by atoms with Gasteiger partial charge in [-0.1, -0.05) is 12.2 Å². The van der Waals surface area contributed by atoms with Gasteiger partial charge in [-0.25, -0.2) is 4.79 Å². The minimum absolute atomic E-state index is 0.0322. The van der Waals surface area contributed by atoms with Gasteiger partial charge in [0.1, 0.15) is 5.60 Å². The number of ketones is 1. The van der Waals surface area contributed by atoms with E-state index in [9.17, 15) is 14.4 Å². The van der Waals surface area contributed by atoms with Crippen molar-refractivity contribution < 1.29 is 23.9 Å². The van der Waals surface area contributed by atoms with Gasteiger partial charge < -0.3 is 14.8 Å². The summed E-state index contributed by atoms with van der Waals surface area (Å²) in [6, 6.07) is 0. The molecule has 24 heavy (non-hydrogen) atoms. The number of nitrogens with one attached hydrogen (secondary N) is 1. The molecule has 0 aromatic heterocycles. The molecule has 1 unspecified atom stereocenters. The van der Waals surface area contributed by atoms with Crippen molar-refractivity contribution in [3.8, 4) is 0 Å². The molecule has 0 saturated carbocycles. The van der Waals surface area contributed by atoms with Crippen LogP contribution in [0.4, 0.5) is 4.79 Å². The van der Waals surface area contributed by atoms with Crippen LogP contribution in [0.25, 0.3) is 0 Å². The van der Waals surface area contributed by atoms with Crippen LogP contribution in [0, 0.1) is 5.92 Å². The Hall–Kier alpha value is -2.11. The van der Waals surface area contributed by atoms with Gasteiger partial charge >= 0.3 is 12.1 Å². The molecule has 1 amide bonds. The molecule has 0 aliphatic heterocycles. The van der Waals surface area contributed by atoms with Crippen molar-refractivity contribution in [1.82, 2.24) is 5.32 Å². The van der Waals surface area contributed by atoms with Crippen LogP contribution in [-0.2, 0) is 19.1 Å². The van der Waals surface area contributed by atoms with Crippen LogP contribution >= 0.6 is 0 Å². The number of hydrogen-bond acceptors (Lipinski definition) is 5. The average molecular weight is 337 g/mol. The normalized spacial score (nSPS) is 17.7. The Morgan fingerprint density at radius 3 is 2.50 bits per heavy atom. The molecule has 0 aromatic rings. The number of methoxy groups -OCH3 is 1. The van der Waals surface area contributed by atoms with Gasteiger partial charge in [-0.05, 0) is 57.6 Å². The van der Waals surface area contributed by atoms with Crippen LogP contribution < -0.4 is 5.32 Å². The lowest BCUT2D eigenvalue weighted by molar-refractivity contribution is -0.140. The minimum Gasteiger partial charge on any atom is -0.469 e. The van der Waals surface area contributed by atoms with E-state index >= 15 is 0 Å². The van der Waals surface area contributed by atoms with Crippen molar-refractivity contribution in [3.63, 3.8) is 0 Å². The first-order chi connectivity index (χ1) is 11.1. The topological polar surface area (TPSA) is 81.7 Å². The number of rotatable bonds is 6. The van der Waals surface area contributed by atoms with Gasteiger partial charge in [-0.15, -0.1) is 0 Å². The van der Waals surface area contributed by atoms with E-state index in [-0.39, 0.29) is 24.1 Å². The fraction of sp³-hybridized carbons (Fsp3) is 0.611. The molecule has 134 valence electrons.